The zero-order valence-electron chi connectivity index (χ0n) is 14.6. The number of hydrogen-bond donors (Lipinski definition) is 1. The number of benzene rings is 1. The van der Waals surface area contributed by atoms with Crippen LogP contribution in [0.2, 0.25) is 0 Å². The summed E-state index contributed by atoms with van der Waals surface area (Å²) in [6.07, 6.45) is 3.96. The Hall–Kier alpha value is -2.41. The monoisotopic (exact) mass is 370 g/mol. The van der Waals surface area contributed by atoms with Gasteiger partial charge < -0.3 is 15.5 Å². The van der Waals surface area contributed by atoms with Crippen LogP contribution in [0.25, 0.3) is 0 Å². The number of hydrogen-bond acceptors (Lipinski definition) is 5. The van der Waals surface area contributed by atoms with Crippen molar-refractivity contribution in [1.29, 1.82) is 0 Å². The summed E-state index contributed by atoms with van der Waals surface area (Å²) in [4.78, 5) is 33.9. The van der Waals surface area contributed by atoms with Crippen LogP contribution in [-0.2, 0) is 11.2 Å². The van der Waals surface area contributed by atoms with Gasteiger partial charge in [0.25, 0.3) is 5.91 Å². The van der Waals surface area contributed by atoms with E-state index in [9.17, 15) is 9.59 Å². The molecular weight excluding hydrogens is 348 g/mol. The average Bonchev–Trinajstić information content (AvgIpc) is 3.36. The molecule has 0 bridgehead atoms. The van der Waals surface area contributed by atoms with E-state index in [1.54, 1.807) is 4.90 Å². The van der Waals surface area contributed by atoms with Crippen molar-refractivity contribution in [3.05, 3.63) is 47.0 Å². The van der Waals surface area contributed by atoms with Gasteiger partial charge in [0, 0.05) is 26.2 Å². The second kappa shape index (κ2) is 6.72. The van der Waals surface area contributed by atoms with Gasteiger partial charge in [-0.15, -0.1) is 0 Å². The summed E-state index contributed by atoms with van der Waals surface area (Å²) in [5.74, 6) is 0.138. The van der Waals surface area contributed by atoms with Crippen molar-refractivity contribution in [2.24, 2.45) is 5.41 Å². The van der Waals surface area contributed by atoms with E-state index in [0.717, 1.165) is 32.4 Å². The van der Waals surface area contributed by atoms with Crippen molar-refractivity contribution in [1.82, 2.24) is 14.8 Å². The van der Waals surface area contributed by atoms with E-state index in [1.807, 2.05) is 23.1 Å². The largest absolute Gasteiger partial charge is 0.375 e. The highest BCUT2D eigenvalue weighted by atomic mass is 32.1. The van der Waals surface area contributed by atoms with E-state index >= 15 is 0 Å². The number of nitrogens with two attached hydrogens (primary N) is 1. The lowest BCUT2D eigenvalue weighted by Crippen LogP contribution is -2.38. The van der Waals surface area contributed by atoms with Gasteiger partial charge in [-0.05, 0) is 24.8 Å². The van der Waals surface area contributed by atoms with Gasteiger partial charge in [0.05, 0.1) is 11.6 Å². The van der Waals surface area contributed by atoms with E-state index in [1.165, 1.54) is 23.1 Å². The molecule has 1 atom stereocenters. The van der Waals surface area contributed by atoms with Crippen LogP contribution in [0.3, 0.4) is 0 Å². The SMILES string of the molecule is Nc1ncc(C(=O)N2CCC3(CCN(CCc4ccccc4)C3=O)C2)s1. The van der Waals surface area contributed by atoms with Crippen LogP contribution in [0.4, 0.5) is 5.13 Å². The first-order valence-corrected chi connectivity index (χ1v) is 9.73. The maximum Gasteiger partial charge on any atom is 0.265 e. The number of carbonyl (C=O) groups is 2. The maximum atomic E-state index is 13.0. The number of nitrogens with zero attached hydrogens (tertiary/aromatic N) is 3. The molecule has 1 aromatic heterocycles. The lowest BCUT2D eigenvalue weighted by molar-refractivity contribution is -0.135. The fraction of sp³-hybridized carbons (Fsp3) is 0.421. The summed E-state index contributed by atoms with van der Waals surface area (Å²) in [5.41, 5.74) is 6.47. The fourth-order valence-electron chi connectivity index (χ4n) is 3.98. The molecule has 2 aliphatic rings. The summed E-state index contributed by atoms with van der Waals surface area (Å²) in [6.45, 7) is 2.64. The summed E-state index contributed by atoms with van der Waals surface area (Å²) in [7, 11) is 0. The number of amides is 2. The number of aromatic nitrogens is 1. The fourth-order valence-corrected chi connectivity index (χ4v) is 4.63. The predicted octanol–water partition coefficient (Wildman–Crippen LogP) is 2.03. The van der Waals surface area contributed by atoms with Gasteiger partial charge >= 0.3 is 0 Å². The number of likely N-dealkylation sites (tertiary alicyclic amines) is 2. The average molecular weight is 370 g/mol. The molecule has 4 rings (SSSR count). The number of thiazole rings is 1. The van der Waals surface area contributed by atoms with Crippen LogP contribution in [0.5, 0.6) is 0 Å². The zero-order valence-corrected chi connectivity index (χ0v) is 15.4. The Morgan fingerprint density at radius 1 is 1.23 bits per heavy atom. The molecule has 2 aliphatic heterocycles. The molecule has 2 N–H and O–H groups in total. The Morgan fingerprint density at radius 3 is 2.73 bits per heavy atom. The molecule has 3 heterocycles. The van der Waals surface area contributed by atoms with Crippen molar-refractivity contribution >= 4 is 28.3 Å². The second-order valence-corrected chi connectivity index (χ2v) is 8.16. The Morgan fingerprint density at radius 2 is 2.00 bits per heavy atom. The lowest BCUT2D eigenvalue weighted by atomic mass is 9.85. The van der Waals surface area contributed by atoms with Crippen molar-refractivity contribution in [2.75, 3.05) is 31.9 Å². The molecule has 0 radical (unpaired) electrons. The van der Waals surface area contributed by atoms with Gasteiger partial charge in [0.15, 0.2) is 5.13 Å². The predicted molar refractivity (Wildman–Crippen MR) is 101 cm³/mol. The standard InChI is InChI=1S/C19H22N4O2S/c20-18-21-12-15(26-18)16(24)23-11-8-19(13-23)7-10-22(17(19)25)9-6-14-4-2-1-3-5-14/h1-5,12H,6-11,13H2,(H2,20,21). The summed E-state index contributed by atoms with van der Waals surface area (Å²) >= 11 is 1.20. The van der Waals surface area contributed by atoms with Gasteiger partial charge in [-0.3, -0.25) is 9.59 Å². The number of nitrogen functional groups attached to an aromatic ring is 1. The first kappa shape index (κ1) is 17.0. The lowest BCUT2D eigenvalue weighted by Gasteiger charge is -2.23. The molecule has 0 saturated carbocycles. The van der Waals surface area contributed by atoms with E-state index in [2.05, 4.69) is 17.1 Å². The Bertz CT molecular complexity index is 822. The normalized spacial score (nSPS) is 22.5. The molecule has 1 spiro atoms. The van der Waals surface area contributed by atoms with E-state index in [-0.39, 0.29) is 11.8 Å². The van der Waals surface area contributed by atoms with Gasteiger partial charge in [-0.25, -0.2) is 4.98 Å². The molecule has 26 heavy (non-hydrogen) atoms. The van der Waals surface area contributed by atoms with Crippen molar-refractivity contribution < 1.29 is 9.59 Å². The van der Waals surface area contributed by atoms with Crippen LogP contribution >= 0.6 is 11.3 Å². The molecule has 2 aromatic rings. The molecule has 136 valence electrons. The van der Waals surface area contributed by atoms with Gasteiger partial charge in [0.2, 0.25) is 5.91 Å². The zero-order chi connectivity index (χ0) is 18.1. The van der Waals surface area contributed by atoms with Crippen LogP contribution in [0.15, 0.2) is 36.5 Å². The Kier molecular flexibility index (Phi) is 4.40. The highest BCUT2D eigenvalue weighted by Crippen LogP contribution is 2.41. The topological polar surface area (TPSA) is 79.5 Å². The Labute approximate surface area is 156 Å². The van der Waals surface area contributed by atoms with E-state index < -0.39 is 5.41 Å². The first-order chi connectivity index (χ1) is 12.6. The molecule has 1 aromatic carbocycles. The third kappa shape index (κ3) is 3.07. The third-order valence-electron chi connectivity index (χ3n) is 5.49. The molecule has 6 nitrogen and oxygen atoms in total. The highest BCUT2D eigenvalue weighted by molar-refractivity contribution is 7.17. The molecule has 0 aliphatic carbocycles. The van der Waals surface area contributed by atoms with Crippen molar-refractivity contribution in [3.8, 4) is 0 Å². The van der Waals surface area contributed by atoms with Gasteiger partial charge in [-0.1, -0.05) is 41.7 Å². The van der Waals surface area contributed by atoms with Gasteiger partial charge in [0.1, 0.15) is 4.88 Å². The minimum Gasteiger partial charge on any atom is -0.375 e. The third-order valence-corrected chi connectivity index (χ3v) is 6.30. The maximum absolute atomic E-state index is 13.0. The first-order valence-electron chi connectivity index (χ1n) is 8.91. The molecule has 2 amide bonds. The van der Waals surface area contributed by atoms with Crippen molar-refractivity contribution in [2.45, 2.75) is 19.3 Å². The van der Waals surface area contributed by atoms with E-state index in [0.29, 0.717) is 23.1 Å². The number of carbonyl (C=O) groups excluding carboxylic acids is 2. The molecule has 2 saturated heterocycles. The van der Waals surface area contributed by atoms with Crippen LogP contribution in [0.1, 0.15) is 28.1 Å². The summed E-state index contributed by atoms with van der Waals surface area (Å²) in [5, 5.41) is 0.395. The molecule has 2 fully saturated rings. The Balaban J connectivity index is 1.39. The number of anilines is 1. The second-order valence-electron chi connectivity index (χ2n) is 7.10. The summed E-state index contributed by atoms with van der Waals surface area (Å²) in [6, 6.07) is 10.2. The molecular formula is C19H22N4O2S. The van der Waals surface area contributed by atoms with Gasteiger partial charge in [-0.2, -0.15) is 0 Å². The number of rotatable bonds is 4. The minimum atomic E-state index is -0.400. The quantitative estimate of drug-likeness (QED) is 0.893. The summed E-state index contributed by atoms with van der Waals surface area (Å²) < 4.78 is 0. The van der Waals surface area contributed by atoms with E-state index in [4.69, 9.17) is 5.73 Å². The van der Waals surface area contributed by atoms with Crippen LogP contribution < -0.4 is 5.73 Å². The van der Waals surface area contributed by atoms with Crippen molar-refractivity contribution in [3.63, 3.8) is 0 Å². The van der Waals surface area contributed by atoms with Crippen LogP contribution in [0, 0.1) is 5.41 Å². The smallest absolute Gasteiger partial charge is 0.265 e. The molecule has 7 heteroatoms. The van der Waals surface area contributed by atoms with Crippen LogP contribution in [-0.4, -0.2) is 52.8 Å². The molecule has 1 unspecified atom stereocenters. The highest BCUT2D eigenvalue weighted by Gasteiger charge is 2.51. The minimum absolute atomic E-state index is 0.0633.